The maximum Gasteiger partial charge on any atom is 0.264 e. The lowest BCUT2D eigenvalue weighted by Crippen LogP contribution is -2.35. The molecular formula is C24H24N2O3S. The number of amides is 1. The van der Waals surface area contributed by atoms with Gasteiger partial charge in [-0.05, 0) is 61.2 Å². The van der Waals surface area contributed by atoms with Crippen molar-refractivity contribution >= 4 is 21.6 Å². The minimum Gasteiger partial charge on any atom is -0.346 e. The van der Waals surface area contributed by atoms with Gasteiger partial charge in [-0.15, -0.1) is 0 Å². The Balaban J connectivity index is 1.53. The fourth-order valence-corrected chi connectivity index (χ4v) is 5.30. The van der Waals surface area contributed by atoms with Crippen LogP contribution < -0.4 is 9.62 Å². The van der Waals surface area contributed by atoms with E-state index in [1.807, 2.05) is 61.5 Å². The van der Waals surface area contributed by atoms with Gasteiger partial charge in [0.1, 0.15) is 0 Å². The fourth-order valence-electron chi connectivity index (χ4n) is 3.76. The van der Waals surface area contributed by atoms with Crippen LogP contribution in [0.5, 0.6) is 0 Å². The van der Waals surface area contributed by atoms with Gasteiger partial charge in [-0.1, -0.05) is 48.5 Å². The number of carbonyl (C=O) groups excluding carboxylic acids is 1. The van der Waals surface area contributed by atoms with Crippen LogP contribution in [-0.4, -0.2) is 20.9 Å². The van der Waals surface area contributed by atoms with Crippen molar-refractivity contribution in [3.8, 4) is 0 Å². The Hall–Kier alpha value is -3.12. The molecule has 3 aromatic rings. The number of benzene rings is 3. The van der Waals surface area contributed by atoms with Crippen molar-refractivity contribution in [2.75, 3.05) is 10.8 Å². The van der Waals surface area contributed by atoms with Crippen LogP contribution in [0.2, 0.25) is 0 Å². The van der Waals surface area contributed by atoms with E-state index in [1.165, 1.54) is 16.4 Å². The lowest BCUT2D eigenvalue weighted by Gasteiger charge is -2.30. The molecule has 0 spiro atoms. The minimum absolute atomic E-state index is 0.146. The quantitative estimate of drug-likeness (QED) is 0.669. The largest absolute Gasteiger partial charge is 0.346 e. The van der Waals surface area contributed by atoms with Gasteiger partial charge in [0.15, 0.2) is 0 Å². The standard InChI is InChI=1S/C24H24N2O3S/c1-18(19-8-3-2-4-9-19)25-24(27)21-13-15-22(16-14-21)30(28,29)26-17-7-11-20-10-5-6-12-23(20)26/h2-6,8-10,12-16,18H,7,11,17H2,1H3,(H,25,27). The molecule has 0 aliphatic carbocycles. The first kappa shape index (κ1) is 20.2. The van der Waals surface area contributed by atoms with Crippen molar-refractivity contribution in [1.29, 1.82) is 0 Å². The summed E-state index contributed by atoms with van der Waals surface area (Å²) in [7, 11) is -3.68. The summed E-state index contributed by atoms with van der Waals surface area (Å²) in [6.45, 7) is 2.37. The van der Waals surface area contributed by atoms with Gasteiger partial charge in [0.05, 0.1) is 16.6 Å². The number of fused-ring (bicyclic) bond motifs is 1. The predicted molar refractivity (Wildman–Crippen MR) is 118 cm³/mol. The van der Waals surface area contributed by atoms with E-state index in [4.69, 9.17) is 0 Å². The summed E-state index contributed by atoms with van der Waals surface area (Å²) in [6, 6.07) is 23.3. The number of carbonyl (C=O) groups is 1. The Bertz CT molecular complexity index is 1140. The third-order valence-corrected chi connectivity index (χ3v) is 7.25. The van der Waals surface area contributed by atoms with Crippen LogP contribution in [-0.2, 0) is 16.4 Å². The molecule has 4 rings (SSSR count). The van der Waals surface area contributed by atoms with Crippen LogP contribution in [0.25, 0.3) is 0 Å². The fraction of sp³-hybridized carbons (Fsp3) is 0.208. The molecule has 0 saturated heterocycles. The number of rotatable bonds is 5. The van der Waals surface area contributed by atoms with Crippen molar-refractivity contribution in [3.05, 3.63) is 95.6 Å². The van der Waals surface area contributed by atoms with Crippen LogP contribution in [0.3, 0.4) is 0 Å². The first-order chi connectivity index (χ1) is 14.5. The molecule has 1 aliphatic heterocycles. The average molecular weight is 421 g/mol. The van der Waals surface area contributed by atoms with Gasteiger partial charge in [0.2, 0.25) is 0 Å². The first-order valence-corrected chi connectivity index (χ1v) is 11.5. The number of para-hydroxylation sites is 1. The molecular weight excluding hydrogens is 396 g/mol. The number of nitrogens with zero attached hydrogens (tertiary/aromatic N) is 1. The first-order valence-electron chi connectivity index (χ1n) is 10.0. The highest BCUT2D eigenvalue weighted by molar-refractivity contribution is 7.92. The Kier molecular flexibility index (Phi) is 5.59. The minimum atomic E-state index is -3.68. The Morgan fingerprint density at radius 3 is 2.33 bits per heavy atom. The number of nitrogens with one attached hydrogen (secondary N) is 1. The molecule has 0 bridgehead atoms. The second kappa shape index (κ2) is 8.32. The Morgan fingerprint density at radius 1 is 0.933 bits per heavy atom. The molecule has 5 nitrogen and oxygen atoms in total. The van der Waals surface area contributed by atoms with Gasteiger partial charge in [0, 0.05) is 12.1 Å². The molecule has 1 amide bonds. The topological polar surface area (TPSA) is 66.5 Å². The summed E-state index contributed by atoms with van der Waals surface area (Å²) in [6.07, 6.45) is 1.66. The van der Waals surface area contributed by atoms with Crippen molar-refractivity contribution in [2.24, 2.45) is 0 Å². The van der Waals surface area contributed by atoms with Crippen molar-refractivity contribution in [1.82, 2.24) is 5.32 Å². The van der Waals surface area contributed by atoms with E-state index in [1.54, 1.807) is 12.1 Å². The van der Waals surface area contributed by atoms with E-state index < -0.39 is 10.0 Å². The van der Waals surface area contributed by atoms with E-state index in [0.717, 1.165) is 29.7 Å². The molecule has 1 aliphatic rings. The van der Waals surface area contributed by atoms with Crippen LogP contribution in [0, 0.1) is 0 Å². The number of hydrogen-bond donors (Lipinski definition) is 1. The number of aryl methyl sites for hydroxylation is 1. The summed E-state index contributed by atoms with van der Waals surface area (Å²) in [4.78, 5) is 12.8. The molecule has 0 radical (unpaired) electrons. The van der Waals surface area contributed by atoms with Crippen molar-refractivity contribution in [3.63, 3.8) is 0 Å². The van der Waals surface area contributed by atoms with E-state index in [-0.39, 0.29) is 16.8 Å². The highest BCUT2D eigenvalue weighted by Gasteiger charge is 2.29. The van der Waals surface area contributed by atoms with Crippen LogP contribution in [0.4, 0.5) is 5.69 Å². The summed E-state index contributed by atoms with van der Waals surface area (Å²) in [5, 5.41) is 2.95. The monoisotopic (exact) mass is 420 g/mol. The zero-order valence-electron chi connectivity index (χ0n) is 16.8. The highest BCUT2D eigenvalue weighted by Crippen LogP contribution is 2.31. The lowest BCUT2D eigenvalue weighted by molar-refractivity contribution is 0.0940. The van der Waals surface area contributed by atoms with E-state index >= 15 is 0 Å². The summed E-state index contributed by atoms with van der Waals surface area (Å²) in [5.74, 6) is -0.237. The van der Waals surface area contributed by atoms with Crippen LogP contribution >= 0.6 is 0 Å². The molecule has 154 valence electrons. The molecule has 6 heteroatoms. The van der Waals surface area contributed by atoms with Crippen LogP contribution in [0.1, 0.15) is 40.9 Å². The highest BCUT2D eigenvalue weighted by atomic mass is 32.2. The SMILES string of the molecule is CC(NC(=O)c1ccc(S(=O)(=O)N2CCCc3ccccc32)cc1)c1ccccc1. The third-order valence-electron chi connectivity index (χ3n) is 5.42. The average Bonchev–Trinajstić information content (AvgIpc) is 2.79. The number of anilines is 1. The maximum absolute atomic E-state index is 13.2. The molecule has 1 atom stereocenters. The summed E-state index contributed by atoms with van der Waals surface area (Å²) in [5.41, 5.74) is 3.21. The molecule has 30 heavy (non-hydrogen) atoms. The molecule has 3 aromatic carbocycles. The maximum atomic E-state index is 13.2. The van der Waals surface area contributed by atoms with Gasteiger partial charge in [-0.3, -0.25) is 9.10 Å². The molecule has 1 N–H and O–H groups in total. The van der Waals surface area contributed by atoms with Crippen molar-refractivity contribution in [2.45, 2.75) is 30.7 Å². The zero-order chi connectivity index (χ0) is 21.1. The van der Waals surface area contributed by atoms with Gasteiger partial charge in [-0.25, -0.2) is 8.42 Å². The summed E-state index contributed by atoms with van der Waals surface area (Å²) < 4.78 is 27.9. The summed E-state index contributed by atoms with van der Waals surface area (Å²) >= 11 is 0. The molecule has 0 fully saturated rings. The number of hydrogen-bond acceptors (Lipinski definition) is 3. The second-order valence-electron chi connectivity index (χ2n) is 7.44. The van der Waals surface area contributed by atoms with E-state index in [0.29, 0.717) is 12.1 Å². The van der Waals surface area contributed by atoms with Crippen LogP contribution in [0.15, 0.2) is 83.8 Å². The smallest absolute Gasteiger partial charge is 0.264 e. The third kappa shape index (κ3) is 3.96. The van der Waals surface area contributed by atoms with E-state index in [9.17, 15) is 13.2 Å². The van der Waals surface area contributed by atoms with Gasteiger partial charge >= 0.3 is 0 Å². The molecule has 1 unspecified atom stereocenters. The normalized spacial score (nSPS) is 14.6. The second-order valence-corrected chi connectivity index (χ2v) is 9.30. The Morgan fingerprint density at radius 2 is 1.60 bits per heavy atom. The van der Waals surface area contributed by atoms with Gasteiger partial charge in [-0.2, -0.15) is 0 Å². The molecule has 1 heterocycles. The lowest BCUT2D eigenvalue weighted by atomic mass is 10.0. The van der Waals surface area contributed by atoms with Gasteiger partial charge < -0.3 is 5.32 Å². The predicted octanol–water partition coefficient (Wildman–Crippen LogP) is 4.32. The van der Waals surface area contributed by atoms with Crippen molar-refractivity contribution < 1.29 is 13.2 Å². The number of sulfonamides is 1. The molecule has 0 aromatic heterocycles. The Labute approximate surface area is 177 Å². The zero-order valence-corrected chi connectivity index (χ0v) is 17.6. The van der Waals surface area contributed by atoms with E-state index in [2.05, 4.69) is 5.32 Å². The van der Waals surface area contributed by atoms with Gasteiger partial charge in [0.25, 0.3) is 15.9 Å². The molecule has 0 saturated carbocycles.